The van der Waals surface area contributed by atoms with E-state index in [2.05, 4.69) is 4.90 Å². The van der Waals surface area contributed by atoms with Gasteiger partial charge in [0.25, 0.3) is 5.56 Å². The van der Waals surface area contributed by atoms with Crippen molar-refractivity contribution in [1.29, 1.82) is 5.26 Å². The number of halogens is 1. The van der Waals surface area contributed by atoms with Gasteiger partial charge >= 0.3 is 0 Å². The number of hydrogen-bond donors (Lipinski definition) is 1. The molecule has 1 N–H and O–H groups in total. The van der Waals surface area contributed by atoms with Crippen molar-refractivity contribution in [2.24, 2.45) is 0 Å². The van der Waals surface area contributed by atoms with E-state index in [0.717, 1.165) is 13.1 Å². The molecule has 3 rings (SSSR count). The summed E-state index contributed by atoms with van der Waals surface area (Å²) in [4.78, 5) is 14.8. The molecule has 136 valence electrons. The molecule has 1 aliphatic rings. The Balaban J connectivity index is 2.06. The van der Waals surface area contributed by atoms with Crippen LogP contribution in [0.5, 0.6) is 5.88 Å². The van der Waals surface area contributed by atoms with Crippen LogP contribution < -0.4 is 5.56 Å². The van der Waals surface area contributed by atoms with Crippen LogP contribution in [-0.2, 0) is 17.8 Å². The number of hydrogen-bond acceptors (Lipinski definition) is 5. The summed E-state index contributed by atoms with van der Waals surface area (Å²) in [6.07, 6.45) is 0. The quantitative estimate of drug-likeness (QED) is 0.889. The van der Waals surface area contributed by atoms with E-state index in [4.69, 9.17) is 16.3 Å². The van der Waals surface area contributed by atoms with E-state index in [9.17, 15) is 15.2 Å². The summed E-state index contributed by atoms with van der Waals surface area (Å²) in [6, 6.07) is 9.13. The smallest absolute Gasteiger partial charge is 0.271 e. The monoisotopic (exact) mass is 373 g/mol. The summed E-state index contributed by atoms with van der Waals surface area (Å²) in [5.41, 5.74) is 1.37. The number of morpholine rings is 1. The van der Waals surface area contributed by atoms with E-state index in [1.807, 2.05) is 12.1 Å². The van der Waals surface area contributed by atoms with Gasteiger partial charge in [-0.3, -0.25) is 14.3 Å². The van der Waals surface area contributed by atoms with Crippen LogP contribution in [0.3, 0.4) is 0 Å². The lowest BCUT2D eigenvalue weighted by atomic mass is 10.0. The van der Waals surface area contributed by atoms with E-state index in [1.165, 1.54) is 4.57 Å². The molecule has 1 aliphatic heterocycles. The predicted molar refractivity (Wildman–Crippen MR) is 98.5 cm³/mol. The van der Waals surface area contributed by atoms with Crippen LogP contribution in [0, 0.1) is 18.3 Å². The predicted octanol–water partition coefficient (Wildman–Crippen LogP) is 2.27. The molecule has 0 spiro atoms. The average Bonchev–Trinajstić information content (AvgIpc) is 2.65. The van der Waals surface area contributed by atoms with E-state index < -0.39 is 5.56 Å². The molecule has 26 heavy (non-hydrogen) atoms. The number of rotatable bonds is 4. The number of benzene rings is 1. The minimum atomic E-state index is -0.506. The Labute approximate surface area is 156 Å². The fourth-order valence-electron chi connectivity index (χ4n) is 3.12. The zero-order chi connectivity index (χ0) is 18.7. The fourth-order valence-corrected chi connectivity index (χ4v) is 3.32. The maximum atomic E-state index is 12.7. The van der Waals surface area contributed by atoms with Gasteiger partial charge in [0.15, 0.2) is 5.88 Å². The minimum absolute atomic E-state index is 0.0538. The number of aromatic hydroxyl groups is 1. The topological polar surface area (TPSA) is 78.5 Å². The van der Waals surface area contributed by atoms with Gasteiger partial charge in [-0.25, -0.2) is 0 Å². The Morgan fingerprint density at radius 1 is 1.27 bits per heavy atom. The molecule has 0 amide bonds. The first-order valence-corrected chi connectivity index (χ1v) is 8.79. The van der Waals surface area contributed by atoms with E-state index in [-0.39, 0.29) is 18.0 Å². The molecule has 1 aromatic carbocycles. The standard InChI is InChI=1S/C19H20ClN3O3/c1-13-15(10-21)18(24)23(11-14-4-2-3-5-17(14)20)19(25)16(13)12-22-6-8-26-9-7-22/h2-5,25H,6-9,11-12H2,1H3. The molecule has 0 unspecified atom stereocenters. The molecule has 1 saturated heterocycles. The van der Waals surface area contributed by atoms with E-state index >= 15 is 0 Å². The zero-order valence-electron chi connectivity index (χ0n) is 14.5. The lowest BCUT2D eigenvalue weighted by molar-refractivity contribution is 0.0336. The van der Waals surface area contributed by atoms with Crippen molar-refractivity contribution < 1.29 is 9.84 Å². The summed E-state index contributed by atoms with van der Waals surface area (Å²) in [5.74, 6) is -0.113. The van der Waals surface area contributed by atoms with Gasteiger partial charge in [-0.15, -0.1) is 0 Å². The van der Waals surface area contributed by atoms with Gasteiger partial charge in [-0.1, -0.05) is 29.8 Å². The van der Waals surface area contributed by atoms with Crippen LogP contribution in [0.25, 0.3) is 0 Å². The largest absolute Gasteiger partial charge is 0.494 e. The average molecular weight is 374 g/mol. The van der Waals surface area contributed by atoms with Crippen molar-refractivity contribution in [1.82, 2.24) is 9.47 Å². The highest BCUT2D eigenvalue weighted by Gasteiger charge is 2.22. The number of nitrogens with zero attached hydrogens (tertiary/aromatic N) is 3. The molecule has 0 saturated carbocycles. The van der Waals surface area contributed by atoms with Crippen LogP contribution in [0.4, 0.5) is 0 Å². The molecule has 0 bridgehead atoms. The highest BCUT2D eigenvalue weighted by atomic mass is 35.5. The lowest BCUT2D eigenvalue weighted by Gasteiger charge is -2.28. The van der Waals surface area contributed by atoms with Crippen molar-refractivity contribution in [2.75, 3.05) is 26.3 Å². The molecule has 0 radical (unpaired) electrons. The summed E-state index contributed by atoms with van der Waals surface area (Å²) >= 11 is 6.20. The molecule has 7 heteroatoms. The molecule has 2 heterocycles. The third-order valence-corrected chi connectivity index (χ3v) is 5.06. The number of nitriles is 1. The Bertz CT molecular complexity index is 911. The van der Waals surface area contributed by atoms with Gasteiger partial charge in [0, 0.05) is 30.2 Å². The molecule has 6 nitrogen and oxygen atoms in total. The normalized spacial score (nSPS) is 15.0. The Kier molecular flexibility index (Phi) is 5.62. The van der Waals surface area contributed by atoms with Gasteiger partial charge < -0.3 is 9.84 Å². The van der Waals surface area contributed by atoms with Gasteiger partial charge in [0.1, 0.15) is 11.6 Å². The van der Waals surface area contributed by atoms with Crippen molar-refractivity contribution in [3.63, 3.8) is 0 Å². The maximum Gasteiger partial charge on any atom is 0.271 e. The second-order valence-corrected chi connectivity index (χ2v) is 6.69. The van der Waals surface area contributed by atoms with Gasteiger partial charge in [0.2, 0.25) is 0 Å². The third kappa shape index (κ3) is 3.61. The van der Waals surface area contributed by atoms with Crippen LogP contribution in [0.2, 0.25) is 5.02 Å². The number of pyridine rings is 1. The van der Waals surface area contributed by atoms with Crippen molar-refractivity contribution in [2.45, 2.75) is 20.0 Å². The summed E-state index contributed by atoms with van der Waals surface area (Å²) in [7, 11) is 0. The number of aromatic nitrogens is 1. The lowest BCUT2D eigenvalue weighted by Crippen LogP contribution is -2.36. The summed E-state index contributed by atoms with van der Waals surface area (Å²) in [5, 5.41) is 20.8. The Hall–Kier alpha value is -2.33. The van der Waals surface area contributed by atoms with E-state index in [0.29, 0.717) is 41.5 Å². The van der Waals surface area contributed by atoms with Crippen LogP contribution >= 0.6 is 11.6 Å². The van der Waals surface area contributed by atoms with Gasteiger partial charge in [-0.05, 0) is 24.1 Å². The number of ether oxygens (including phenoxy) is 1. The summed E-state index contributed by atoms with van der Waals surface area (Å²) in [6.45, 7) is 5.01. The zero-order valence-corrected chi connectivity index (χ0v) is 15.3. The van der Waals surface area contributed by atoms with Crippen LogP contribution in [-0.4, -0.2) is 40.9 Å². The first-order valence-electron chi connectivity index (χ1n) is 8.41. The maximum absolute atomic E-state index is 12.7. The third-order valence-electron chi connectivity index (χ3n) is 4.70. The van der Waals surface area contributed by atoms with Crippen LogP contribution in [0.1, 0.15) is 22.3 Å². The SMILES string of the molecule is Cc1c(CN2CCOCC2)c(O)n(Cc2ccccc2Cl)c(=O)c1C#N. The molecule has 0 atom stereocenters. The first kappa shape index (κ1) is 18.5. The van der Waals surface area contributed by atoms with Gasteiger partial charge in [0.05, 0.1) is 19.8 Å². The summed E-state index contributed by atoms with van der Waals surface area (Å²) < 4.78 is 6.58. The Morgan fingerprint density at radius 2 is 1.96 bits per heavy atom. The van der Waals surface area contributed by atoms with Crippen LogP contribution in [0.15, 0.2) is 29.1 Å². The van der Waals surface area contributed by atoms with Crippen molar-refractivity contribution in [3.8, 4) is 11.9 Å². The van der Waals surface area contributed by atoms with Gasteiger partial charge in [-0.2, -0.15) is 5.26 Å². The molecule has 2 aromatic rings. The second kappa shape index (κ2) is 7.92. The molecule has 1 fully saturated rings. The Morgan fingerprint density at radius 3 is 2.62 bits per heavy atom. The van der Waals surface area contributed by atoms with E-state index in [1.54, 1.807) is 25.1 Å². The second-order valence-electron chi connectivity index (χ2n) is 6.29. The minimum Gasteiger partial charge on any atom is -0.494 e. The fraction of sp³-hybridized carbons (Fsp3) is 0.368. The first-order chi connectivity index (χ1) is 12.5. The van der Waals surface area contributed by atoms with Crippen molar-refractivity contribution >= 4 is 11.6 Å². The molecular weight excluding hydrogens is 354 g/mol. The molecular formula is C19H20ClN3O3. The highest BCUT2D eigenvalue weighted by Crippen LogP contribution is 2.25. The highest BCUT2D eigenvalue weighted by molar-refractivity contribution is 6.31. The van der Waals surface area contributed by atoms with Crippen molar-refractivity contribution in [3.05, 3.63) is 61.9 Å². The molecule has 0 aliphatic carbocycles. The molecule has 1 aromatic heterocycles.